The summed E-state index contributed by atoms with van der Waals surface area (Å²) in [6.45, 7) is 7.55. The number of hydrogen-bond donors (Lipinski definition) is 1. The van der Waals surface area contributed by atoms with Gasteiger partial charge in [0.25, 0.3) is 5.91 Å². The molecule has 0 unspecified atom stereocenters. The second kappa shape index (κ2) is 9.06. The molecule has 2 rings (SSSR count). The zero-order valence-electron chi connectivity index (χ0n) is 14.9. The van der Waals surface area contributed by atoms with Crippen LogP contribution < -0.4 is 10.1 Å². The molecule has 0 aliphatic carbocycles. The minimum absolute atomic E-state index is 0.0308. The molecule has 1 aromatic rings. The fraction of sp³-hybridized carbons (Fsp3) is 0.400. The van der Waals surface area contributed by atoms with Crippen LogP contribution in [-0.2, 0) is 9.59 Å². The van der Waals surface area contributed by atoms with E-state index in [0.717, 1.165) is 12.8 Å². The summed E-state index contributed by atoms with van der Waals surface area (Å²) in [5.74, 6) is 0.448. The highest BCUT2D eigenvalue weighted by Gasteiger charge is 2.28. The molecule has 5 nitrogen and oxygen atoms in total. The molecule has 5 heteroatoms. The first-order valence-corrected chi connectivity index (χ1v) is 8.66. The van der Waals surface area contributed by atoms with Gasteiger partial charge in [-0.2, -0.15) is 0 Å². The Morgan fingerprint density at radius 1 is 1.44 bits per heavy atom. The van der Waals surface area contributed by atoms with Gasteiger partial charge in [0, 0.05) is 30.3 Å². The molecule has 0 fully saturated rings. The zero-order valence-corrected chi connectivity index (χ0v) is 14.9. The van der Waals surface area contributed by atoms with E-state index >= 15 is 0 Å². The Labute approximate surface area is 149 Å². The summed E-state index contributed by atoms with van der Waals surface area (Å²) in [7, 11) is 0. The van der Waals surface area contributed by atoms with Gasteiger partial charge in [-0.3, -0.25) is 9.59 Å². The van der Waals surface area contributed by atoms with Crippen molar-refractivity contribution in [2.24, 2.45) is 0 Å². The highest BCUT2D eigenvalue weighted by molar-refractivity contribution is 5.90. The third-order valence-electron chi connectivity index (χ3n) is 4.18. The highest BCUT2D eigenvalue weighted by Crippen LogP contribution is 2.22. The molecule has 2 amide bonds. The Balaban J connectivity index is 1.99. The van der Waals surface area contributed by atoms with Crippen molar-refractivity contribution in [3.63, 3.8) is 0 Å². The van der Waals surface area contributed by atoms with E-state index in [0.29, 0.717) is 17.9 Å². The molecule has 134 valence electrons. The van der Waals surface area contributed by atoms with Crippen molar-refractivity contribution in [1.82, 2.24) is 4.90 Å². The molecule has 1 N–H and O–H groups in total. The maximum absolute atomic E-state index is 12.6. The lowest BCUT2D eigenvalue weighted by atomic mass is 10.0. The third-order valence-corrected chi connectivity index (χ3v) is 4.18. The van der Waals surface area contributed by atoms with E-state index in [2.05, 4.69) is 18.0 Å². The van der Waals surface area contributed by atoms with Gasteiger partial charge < -0.3 is 15.0 Å². The SMILES string of the molecule is C=CC[C@@H]1CC=C[C@@H](C)N1C(=O)COc1cccc(NC(=O)CC)c1. The summed E-state index contributed by atoms with van der Waals surface area (Å²) in [5, 5.41) is 2.78. The van der Waals surface area contributed by atoms with Gasteiger partial charge in [0.2, 0.25) is 5.91 Å². The number of rotatable bonds is 7. The van der Waals surface area contributed by atoms with Gasteiger partial charge in [-0.25, -0.2) is 0 Å². The molecular weight excluding hydrogens is 316 g/mol. The smallest absolute Gasteiger partial charge is 0.261 e. The fourth-order valence-electron chi connectivity index (χ4n) is 2.94. The molecule has 0 aromatic heterocycles. The van der Waals surface area contributed by atoms with Crippen molar-refractivity contribution in [3.05, 3.63) is 49.1 Å². The predicted octanol–water partition coefficient (Wildman–Crippen LogP) is 3.54. The average Bonchev–Trinajstić information content (AvgIpc) is 2.60. The van der Waals surface area contributed by atoms with Gasteiger partial charge in [0.05, 0.1) is 0 Å². The van der Waals surface area contributed by atoms with Crippen molar-refractivity contribution in [3.8, 4) is 5.75 Å². The summed E-state index contributed by atoms with van der Waals surface area (Å²) >= 11 is 0. The zero-order chi connectivity index (χ0) is 18.2. The molecule has 0 spiro atoms. The van der Waals surface area contributed by atoms with Crippen LogP contribution in [0.15, 0.2) is 49.1 Å². The fourth-order valence-corrected chi connectivity index (χ4v) is 2.94. The quantitative estimate of drug-likeness (QED) is 0.771. The number of carbonyl (C=O) groups excluding carboxylic acids is 2. The molecule has 25 heavy (non-hydrogen) atoms. The second-order valence-corrected chi connectivity index (χ2v) is 6.10. The highest BCUT2D eigenvalue weighted by atomic mass is 16.5. The van der Waals surface area contributed by atoms with Crippen LogP contribution >= 0.6 is 0 Å². The summed E-state index contributed by atoms with van der Waals surface area (Å²) < 4.78 is 5.66. The summed E-state index contributed by atoms with van der Waals surface area (Å²) in [6.07, 6.45) is 8.01. The van der Waals surface area contributed by atoms with Crippen LogP contribution in [0.1, 0.15) is 33.1 Å². The number of carbonyl (C=O) groups is 2. The molecule has 1 aliphatic heterocycles. The Kier molecular flexibility index (Phi) is 6.81. The van der Waals surface area contributed by atoms with Crippen molar-refractivity contribution in [2.45, 2.75) is 45.2 Å². The normalized spacial score (nSPS) is 19.4. The minimum atomic E-state index is -0.0607. The van der Waals surface area contributed by atoms with E-state index in [1.807, 2.05) is 24.0 Å². The molecule has 1 aromatic carbocycles. The summed E-state index contributed by atoms with van der Waals surface area (Å²) in [6, 6.07) is 7.25. The van der Waals surface area contributed by atoms with Gasteiger partial charge in [-0.1, -0.05) is 31.2 Å². The number of anilines is 1. The van der Waals surface area contributed by atoms with Crippen LogP contribution in [0.2, 0.25) is 0 Å². The lowest BCUT2D eigenvalue weighted by Gasteiger charge is -2.37. The van der Waals surface area contributed by atoms with Crippen LogP contribution in [0.25, 0.3) is 0 Å². The maximum Gasteiger partial charge on any atom is 0.261 e. The van der Waals surface area contributed by atoms with Crippen molar-refractivity contribution in [2.75, 3.05) is 11.9 Å². The number of amides is 2. The van der Waals surface area contributed by atoms with Gasteiger partial charge in [0.15, 0.2) is 6.61 Å². The minimum Gasteiger partial charge on any atom is -0.484 e. The largest absolute Gasteiger partial charge is 0.484 e. The molecule has 2 atom stereocenters. The number of ether oxygens (including phenoxy) is 1. The first-order valence-electron chi connectivity index (χ1n) is 8.66. The van der Waals surface area contributed by atoms with Crippen LogP contribution in [0.3, 0.4) is 0 Å². The average molecular weight is 342 g/mol. The van der Waals surface area contributed by atoms with E-state index in [1.165, 1.54) is 0 Å². The third kappa shape index (κ3) is 5.21. The number of nitrogens with one attached hydrogen (secondary N) is 1. The van der Waals surface area contributed by atoms with Gasteiger partial charge >= 0.3 is 0 Å². The Bertz CT molecular complexity index is 654. The van der Waals surface area contributed by atoms with E-state index in [-0.39, 0.29) is 30.5 Å². The molecule has 0 radical (unpaired) electrons. The molecule has 0 saturated carbocycles. The number of nitrogens with zero attached hydrogens (tertiary/aromatic N) is 1. The first-order chi connectivity index (χ1) is 12.0. The van der Waals surface area contributed by atoms with Crippen LogP contribution in [0, 0.1) is 0 Å². The van der Waals surface area contributed by atoms with Crippen LogP contribution in [-0.4, -0.2) is 35.4 Å². The van der Waals surface area contributed by atoms with Crippen molar-refractivity contribution >= 4 is 17.5 Å². The Hall–Kier alpha value is -2.56. The lowest BCUT2D eigenvalue weighted by Crippen LogP contribution is -2.48. The Morgan fingerprint density at radius 2 is 2.24 bits per heavy atom. The first kappa shape index (κ1) is 18.8. The van der Waals surface area contributed by atoms with Gasteiger partial charge in [-0.15, -0.1) is 6.58 Å². The molecule has 0 saturated heterocycles. The molecular formula is C20H26N2O3. The van der Waals surface area contributed by atoms with Crippen LogP contribution in [0.4, 0.5) is 5.69 Å². The van der Waals surface area contributed by atoms with Gasteiger partial charge in [0.1, 0.15) is 5.75 Å². The van der Waals surface area contributed by atoms with Crippen LogP contribution in [0.5, 0.6) is 5.75 Å². The van der Waals surface area contributed by atoms with E-state index < -0.39 is 0 Å². The second-order valence-electron chi connectivity index (χ2n) is 6.10. The van der Waals surface area contributed by atoms with E-state index in [1.54, 1.807) is 31.2 Å². The number of hydrogen-bond acceptors (Lipinski definition) is 3. The maximum atomic E-state index is 12.6. The van der Waals surface area contributed by atoms with Crippen molar-refractivity contribution < 1.29 is 14.3 Å². The molecule has 1 heterocycles. The Morgan fingerprint density at radius 3 is 2.96 bits per heavy atom. The summed E-state index contributed by atoms with van der Waals surface area (Å²) in [4.78, 5) is 26.0. The standard InChI is InChI=1S/C20H26N2O3/c1-4-8-17-11-6-9-15(3)22(17)20(24)14-25-18-12-7-10-16(13-18)21-19(23)5-2/h4,6-7,9-10,12-13,15,17H,1,5,8,11,14H2,2-3H3,(H,21,23)/t15-,17-/m1/s1. The molecule has 0 bridgehead atoms. The predicted molar refractivity (Wildman–Crippen MR) is 99.5 cm³/mol. The lowest BCUT2D eigenvalue weighted by molar-refractivity contribution is -0.137. The van der Waals surface area contributed by atoms with Gasteiger partial charge in [-0.05, 0) is 31.9 Å². The summed E-state index contributed by atoms with van der Waals surface area (Å²) in [5.41, 5.74) is 0.663. The topological polar surface area (TPSA) is 58.6 Å². The molecule has 1 aliphatic rings. The van der Waals surface area contributed by atoms with Crippen molar-refractivity contribution in [1.29, 1.82) is 0 Å². The number of benzene rings is 1. The van der Waals surface area contributed by atoms with E-state index in [4.69, 9.17) is 4.74 Å². The monoisotopic (exact) mass is 342 g/mol. The van der Waals surface area contributed by atoms with E-state index in [9.17, 15) is 9.59 Å².